The Hall–Kier alpha value is -0.190. The van der Waals surface area contributed by atoms with Crippen molar-refractivity contribution in [3.05, 3.63) is 0 Å². The van der Waals surface area contributed by atoms with Gasteiger partial charge >= 0.3 is 5.97 Å². The first kappa shape index (κ1) is 12.9. The molecule has 0 aromatic carbocycles. The van der Waals surface area contributed by atoms with E-state index in [1.807, 2.05) is 0 Å². The van der Waals surface area contributed by atoms with Gasteiger partial charge in [-0.2, -0.15) is 0 Å². The number of alkyl halides is 3. The summed E-state index contributed by atoms with van der Waals surface area (Å²) in [7, 11) is 0. The van der Waals surface area contributed by atoms with Crippen molar-refractivity contribution in [1.82, 2.24) is 5.32 Å². The summed E-state index contributed by atoms with van der Waals surface area (Å²) >= 11 is 17.0. The normalized spacial score (nSPS) is 26.3. The number of carbonyl (C=O) groups excluding carboxylic acids is 2. The minimum atomic E-state index is -1.66. The maximum absolute atomic E-state index is 11.4. The summed E-state index contributed by atoms with van der Waals surface area (Å²) in [4.78, 5) is 22.6. The largest absolute Gasteiger partial charge is 0.464 e. The zero-order chi connectivity index (χ0) is 11.6. The van der Waals surface area contributed by atoms with Crippen molar-refractivity contribution in [3.8, 4) is 0 Å². The van der Waals surface area contributed by atoms with Crippen LogP contribution < -0.4 is 5.32 Å². The van der Waals surface area contributed by atoms with Gasteiger partial charge in [0.1, 0.15) is 6.04 Å². The van der Waals surface area contributed by atoms with Crippen LogP contribution in [0.25, 0.3) is 0 Å². The molecule has 1 aliphatic heterocycles. The second-order valence-electron chi connectivity index (χ2n) is 3.15. The van der Waals surface area contributed by atoms with E-state index in [0.717, 1.165) is 0 Å². The van der Waals surface area contributed by atoms with E-state index in [1.54, 1.807) is 6.92 Å². The van der Waals surface area contributed by atoms with Crippen LogP contribution in [0.2, 0.25) is 0 Å². The Balaban J connectivity index is 2.77. The van der Waals surface area contributed by atoms with Gasteiger partial charge in [-0.1, -0.05) is 34.8 Å². The molecule has 1 N–H and O–H groups in total. The topological polar surface area (TPSA) is 55.4 Å². The lowest BCUT2D eigenvalue weighted by molar-refractivity contribution is -0.146. The van der Waals surface area contributed by atoms with E-state index < -0.39 is 21.7 Å². The average molecular weight is 275 g/mol. The van der Waals surface area contributed by atoms with E-state index in [0.29, 0.717) is 0 Å². The van der Waals surface area contributed by atoms with Crippen molar-refractivity contribution in [1.29, 1.82) is 0 Å². The Morgan fingerprint density at radius 3 is 2.67 bits per heavy atom. The molecule has 0 unspecified atom stereocenters. The molecule has 1 amide bonds. The molecule has 0 aromatic heterocycles. The Labute approximate surface area is 102 Å². The number of hydrogen-bond donors (Lipinski definition) is 1. The van der Waals surface area contributed by atoms with Gasteiger partial charge in [0.05, 0.1) is 6.61 Å². The molecule has 15 heavy (non-hydrogen) atoms. The molecule has 1 rings (SSSR count). The number of esters is 1. The van der Waals surface area contributed by atoms with Gasteiger partial charge in [-0.05, 0) is 6.92 Å². The van der Waals surface area contributed by atoms with Crippen molar-refractivity contribution in [2.75, 3.05) is 6.61 Å². The van der Waals surface area contributed by atoms with E-state index in [-0.39, 0.29) is 18.9 Å². The van der Waals surface area contributed by atoms with E-state index in [4.69, 9.17) is 39.5 Å². The van der Waals surface area contributed by atoms with Gasteiger partial charge in [0.15, 0.2) is 3.79 Å². The van der Waals surface area contributed by atoms with E-state index in [9.17, 15) is 9.59 Å². The molecule has 4 nitrogen and oxygen atoms in total. The molecule has 1 aliphatic rings. The average Bonchev–Trinajstić information content (AvgIpc) is 2.47. The molecule has 1 fully saturated rings. The summed E-state index contributed by atoms with van der Waals surface area (Å²) in [6.07, 6.45) is 0.0139. The number of halogens is 3. The predicted molar refractivity (Wildman–Crippen MR) is 57.0 cm³/mol. The van der Waals surface area contributed by atoms with Gasteiger partial charge in [-0.25, -0.2) is 4.79 Å². The third-order valence-electron chi connectivity index (χ3n) is 2.09. The number of amides is 1. The standard InChI is InChI=1S/C8H10Cl3NO3/c1-2-15-7(14)6-4(8(9,10)11)3-5(13)12-6/h4,6H,2-3H2,1H3,(H,12,13)/t4-,6-/m1/s1. The first-order valence-corrected chi connectivity index (χ1v) is 5.52. The van der Waals surface area contributed by atoms with Crippen LogP contribution in [0.3, 0.4) is 0 Å². The molecule has 0 spiro atoms. The van der Waals surface area contributed by atoms with Crippen molar-refractivity contribution in [2.24, 2.45) is 5.92 Å². The second kappa shape index (κ2) is 4.76. The van der Waals surface area contributed by atoms with Gasteiger partial charge in [-0.15, -0.1) is 0 Å². The second-order valence-corrected chi connectivity index (χ2v) is 5.52. The molecular weight excluding hydrogens is 264 g/mol. The molecule has 0 bridgehead atoms. The molecule has 1 heterocycles. The zero-order valence-corrected chi connectivity index (χ0v) is 10.2. The first-order valence-electron chi connectivity index (χ1n) is 4.39. The summed E-state index contributed by atoms with van der Waals surface area (Å²) < 4.78 is 3.11. The zero-order valence-electron chi connectivity index (χ0n) is 7.93. The predicted octanol–water partition coefficient (Wildman–Crippen LogP) is 1.42. The van der Waals surface area contributed by atoms with Crippen molar-refractivity contribution >= 4 is 46.7 Å². The van der Waals surface area contributed by atoms with Crippen LogP contribution in [0.1, 0.15) is 13.3 Å². The molecule has 7 heteroatoms. The maximum atomic E-state index is 11.4. The summed E-state index contributed by atoms with van der Waals surface area (Å²) in [5.74, 6) is -1.57. The van der Waals surface area contributed by atoms with Crippen molar-refractivity contribution in [3.63, 3.8) is 0 Å². The van der Waals surface area contributed by atoms with E-state index in [2.05, 4.69) is 5.32 Å². The van der Waals surface area contributed by atoms with Crippen LogP contribution in [0, 0.1) is 5.92 Å². The Morgan fingerprint density at radius 1 is 1.60 bits per heavy atom. The molecule has 0 radical (unpaired) electrons. The van der Waals surface area contributed by atoms with Crippen LogP contribution >= 0.6 is 34.8 Å². The third-order valence-corrected chi connectivity index (χ3v) is 2.93. The molecule has 1 saturated heterocycles. The highest BCUT2D eigenvalue weighted by atomic mass is 35.6. The third kappa shape index (κ3) is 3.13. The minimum absolute atomic E-state index is 0.0139. The highest BCUT2D eigenvalue weighted by molar-refractivity contribution is 6.67. The smallest absolute Gasteiger partial charge is 0.329 e. The monoisotopic (exact) mass is 273 g/mol. The van der Waals surface area contributed by atoms with Crippen LogP contribution in [0.5, 0.6) is 0 Å². The summed E-state index contributed by atoms with van der Waals surface area (Å²) in [6, 6.07) is -0.870. The Kier molecular flexibility index (Phi) is 4.09. The number of ether oxygens (including phenoxy) is 1. The molecule has 0 aliphatic carbocycles. The summed E-state index contributed by atoms with van der Waals surface area (Å²) in [6.45, 7) is 1.89. The summed E-state index contributed by atoms with van der Waals surface area (Å²) in [5.41, 5.74) is 0. The van der Waals surface area contributed by atoms with Gasteiger partial charge in [0.25, 0.3) is 0 Å². The Bertz CT molecular complexity index is 277. The quantitative estimate of drug-likeness (QED) is 0.612. The number of rotatable bonds is 2. The van der Waals surface area contributed by atoms with Gasteiger partial charge in [0.2, 0.25) is 5.91 Å². The van der Waals surface area contributed by atoms with Crippen molar-refractivity contribution in [2.45, 2.75) is 23.2 Å². The SMILES string of the molecule is CCOC(=O)[C@@H]1NC(=O)C[C@H]1C(Cl)(Cl)Cl. The molecule has 0 saturated carbocycles. The van der Waals surface area contributed by atoms with Crippen LogP contribution in [-0.2, 0) is 14.3 Å². The maximum Gasteiger partial charge on any atom is 0.329 e. The molecule has 86 valence electrons. The van der Waals surface area contributed by atoms with Crippen LogP contribution in [0.15, 0.2) is 0 Å². The van der Waals surface area contributed by atoms with Gasteiger partial charge in [-0.3, -0.25) is 4.79 Å². The van der Waals surface area contributed by atoms with Crippen LogP contribution in [0.4, 0.5) is 0 Å². The van der Waals surface area contributed by atoms with Crippen molar-refractivity contribution < 1.29 is 14.3 Å². The highest BCUT2D eigenvalue weighted by Crippen LogP contribution is 2.41. The molecular formula is C8H10Cl3NO3. The van der Waals surface area contributed by atoms with Gasteiger partial charge < -0.3 is 10.1 Å². The molecule has 0 aromatic rings. The fourth-order valence-corrected chi connectivity index (χ4v) is 2.02. The lowest BCUT2D eigenvalue weighted by atomic mass is 10.0. The fraction of sp³-hybridized carbons (Fsp3) is 0.750. The Morgan fingerprint density at radius 2 is 2.20 bits per heavy atom. The number of carbonyl (C=O) groups is 2. The lowest BCUT2D eigenvalue weighted by Crippen LogP contribution is -2.42. The minimum Gasteiger partial charge on any atom is -0.464 e. The van der Waals surface area contributed by atoms with Crippen LogP contribution in [-0.4, -0.2) is 28.3 Å². The lowest BCUT2D eigenvalue weighted by Gasteiger charge is -2.23. The highest BCUT2D eigenvalue weighted by Gasteiger charge is 2.48. The number of hydrogen-bond acceptors (Lipinski definition) is 3. The fourth-order valence-electron chi connectivity index (χ4n) is 1.41. The van der Waals surface area contributed by atoms with E-state index >= 15 is 0 Å². The summed E-state index contributed by atoms with van der Waals surface area (Å²) in [5, 5.41) is 2.43. The van der Waals surface area contributed by atoms with Gasteiger partial charge in [0, 0.05) is 12.3 Å². The van der Waals surface area contributed by atoms with E-state index in [1.165, 1.54) is 0 Å². The number of nitrogens with one attached hydrogen (secondary N) is 1. The molecule has 2 atom stereocenters. The first-order chi connectivity index (χ1) is 6.86.